The molecule has 0 radical (unpaired) electrons. The van der Waals surface area contributed by atoms with E-state index in [4.69, 9.17) is 0 Å². The SMILES string of the molecule is CCCCCCCCCCCCCCCCC(C)(C)C(=O)[O-]. The Kier molecular flexibility index (Phi) is 13.7. The summed E-state index contributed by atoms with van der Waals surface area (Å²) in [7, 11) is 0. The summed E-state index contributed by atoms with van der Waals surface area (Å²) < 4.78 is 0. The third-order valence-corrected chi connectivity index (χ3v) is 4.71. The minimum atomic E-state index is -0.915. The number of carbonyl (C=O) groups excluding carboxylic acids is 1. The minimum Gasteiger partial charge on any atom is -0.550 e. The Balaban J connectivity index is 3.16. The summed E-state index contributed by atoms with van der Waals surface area (Å²) in [6.45, 7) is 5.80. The van der Waals surface area contributed by atoms with E-state index >= 15 is 0 Å². The van der Waals surface area contributed by atoms with Crippen LogP contribution in [0.25, 0.3) is 0 Å². The van der Waals surface area contributed by atoms with Gasteiger partial charge in [0.15, 0.2) is 0 Å². The molecule has 132 valence electrons. The largest absolute Gasteiger partial charge is 0.550 e. The van der Waals surface area contributed by atoms with Crippen molar-refractivity contribution in [2.45, 2.75) is 117 Å². The van der Waals surface area contributed by atoms with Gasteiger partial charge in [-0.3, -0.25) is 0 Å². The number of carboxylic acids is 1. The van der Waals surface area contributed by atoms with Gasteiger partial charge in [-0.25, -0.2) is 0 Å². The van der Waals surface area contributed by atoms with Crippen LogP contribution in [0.1, 0.15) is 117 Å². The van der Waals surface area contributed by atoms with Crippen molar-refractivity contribution in [3.05, 3.63) is 0 Å². The molecule has 2 heteroatoms. The fourth-order valence-corrected chi connectivity index (χ4v) is 2.86. The van der Waals surface area contributed by atoms with Gasteiger partial charge >= 0.3 is 0 Å². The maximum Gasteiger partial charge on any atom is 0.0470 e. The molecule has 0 aromatic heterocycles. The molecule has 0 unspecified atom stereocenters. The fraction of sp³-hybridized carbons (Fsp3) is 0.950. The number of carboxylic acid groups (broad SMARTS) is 1. The van der Waals surface area contributed by atoms with E-state index in [0.717, 1.165) is 19.3 Å². The molecule has 0 aliphatic heterocycles. The normalized spacial score (nSPS) is 11.8. The topological polar surface area (TPSA) is 40.1 Å². The average molecular weight is 312 g/mol. The number of hydrogen-bond donors (Lipinski definition) is 0. The first-order chi connectivity index (χ1) is 10.5. The molecule has 0 aliphatic carbocycles. The highest BCUT2D eigenvalue weighted by Crippen LogP contribution is 2.23. The molecule has 0 rings (SSSR count). The fourth-order valence-electron chi connectivity index (χ4n) is 2.86. The lowest BCUT2D eigenvalue weighted by Gasteiger charge is -2.25. The van der Waals surface area contributed by atoms with Crippen LogP contribution in [-0.4, -0.2) is 5.97 Å². The highest BCUT2D eigenvalue weighted by atomic mass is 16.4. The summed E-state index contributed by atoms with van der Waals surface area (Å²) >= 11 is 0. The van der Waals surface area contributed by atoms with Crippen molar-refractivity contribution in [3.63, 3.8) is 0 Å². The first-order valence-electron chi connectivity index (χ1n) is 9.72. The molecule has 0 aromatic rings. The van der Waals surface area contributed by atoms with Gasteiger partial charge in [-0.1, -0.05) is 111 Å². The molecule has 0 aliphatic rings. The second-order valence-electron chi connectivity index (χ2n) is 7.52. The number of aliphatic carboxylic acids is 1. The van der Waals surface area contributed by atoms with Crippen LogP contribution in [0.3, 0.4) is 0 Å². The zero-order valence-electron chi connectivity index (χ0n) is 15.4. The standard InChI is InChI=1S/C20H40O2/c1-4-5-6-7-8-9-10-11-12-13-14-15-16-17-18-20(2,3)19(21)22/h4-18H2,1-3H3,(H,21,22)/p-1. The molecule has 0 spiro atoms. The smallest absolute Gasteiger partial charge is 0.0470 e. The van der Waals surface area contributed by atoms with Crippen molar-refractivity contribution in [2.24, 2.45) is 5.41 Å². The third kappa shape index (κ3) is 13.2. The second-order valence-corrected chi connectivity index (χ2v) is 7.52. The second kappa shape index (κ2) is 14.1. The van der Waals surface area contributed by atoms with E-state index in [-0.39, 0.29) is 0 Å². The van der Waals surface area contributed by atoms with E-state index < -0.39 is 11.4 Å². The Hall–Kier alpha value is -0.530. The van der Waals surface area contributed by atoms with E-state index in [0.29, 0.717) is 0 Å². The molecule has 0 fully saturated rings. The summed E-state index contributed by atoms with van der Waals surface area (Å²) in [6.07, 6.45) is 19.4. The predicted molar refractivity (Wildman–Crippen MR) is 93.7 cm³/mol. The number of unbranched alkanes of at least 4 members (excludes halogenated alkanes) is 13. The Bertz CT molecular complexity index is 258. The van der Waals surface area contributed by atoms with E-state index in [1.807, 2.05) is 0 Å². The van der Waals surface area contributed by atoms with Gasteiger partial charge in [-0.2, -0.15) is 0 Å². The van der Waals surface area contributed by atoms with E-state index in [1.165, 1.54) is 77.0 Å². The Morgan fingerprint density at radius 1 is 0.682 bits per heavy atom. The van der Waals surface area contributed by atoms with Gasteiger partial charge in [-0.05, 0) is 6.42 Å². The van der Waals surface area contributed by atoms with Crippen LogP contribution in [0.2, 0.25) is 0 Å². The average Bonchev–Trinajstić information content (AvgIpc) is 2.47. The highest BCUT2D eigenvalue weighted by Gasteiger charge is 2.18. The van der Waals surface area contributed by atoms with Gasteiger partial charge in [-0.15, -0.1) is 0 Å². The van der Waals surface area contributed by atoms with Gasteiger partial charge in [0.05, 0.1) is 0 Å². The molecule has 0 N–H and O–H groups in total. The molecule has 0 saturated heterocycles. The Morgan fingerprint density at radius 2 is 1.00 bits per heavy atom. The van der Waals surface area contributed by atoms with Gasteiger partial charge in [0.1, 0.15) is 0 Å². The maximum atomic E-state index is 10.9. The molecule has 2 nitrogen and oxygen atoms in total. The van der Waals surface area contributed by atoms with Crippen LogP contribution in [0.4, 0.5) is 0 Å². The molecule has 0 aromatic carbocycles. The predicted octanol–water partition coefficient (Wildman–Crippen LogP) is 5.63. The van der Waals surface area contributed by atoms with E-state index in [1.54, 1.807) is 13.8 Å². The lowest BCUT2D eigenvalue weighted by molar-refractivity contribution is -0.317. The molecule has 0 amide bonds. The van der Waals surface area contributed by atoms with Gasteiger partial charge in [0.2, 0.25) is 0 Å². The van der Waals surface area contributed by atoms with Crippen LogP contribution in [0.15, 0.2) is 0 Å². The van der Waals surface area contributed by atoms with Crippen LogP contribution < -0.4 is 5.11 Å². The first-order valence-corrected chi connectivity index (χ1v) is 9.72. The molecule has 22 heavy (non-hydrogen) atoms. The van der Waals surface area contributed by atoms with Gasteiger partial charge in [0, 0.05) is 11.4 Å². The lowest BCUT2D eigenvalue weighted by atomic mass is 9.87. The summed E-state index contributed by atoms with van der Waals surface area (Å²) in [4.78, 5) is 10.9. The van der Waals surface area contributed by atoms with E-state index in [2.05, 4.69) is 6.92 Å². The van der Waals surface area contributed by atoms with Crippen LogP contribution in [-0.2, 0) is 4.79 Å². The Labute approximate surface area is 139 Å². The number of carbonyl (C=O) groups is 1. The monoisotopic (exact) mass is 311 g/mol. The zero-order chi connectivity index (χ0) is 16.7. The van der Waals surface area contributed by atoms with Crippen LogP contribution in [0.5, 0.6) is 0 Å². The molecule has 0 heterocycles. The van der Waals surface area contributed by atoms with Crippen molar-refractivity contribution < 1.29 is 9.90 Å². The summed E-state index contributed by atoms with van der Waals surface area (Å²) in [5.41, 5.74) is -0.656. The molecule has 0 atom stereocenters. The van der Waals surface area contributed by atoms with Gasteiger partial charge in [0.25, 0.3) is 0 Å². The quantitative estimate of drug-likeness (QED) is 0.346. The number of rotatable bonds is 16. The lowest BCUT2D eigenvalue weighted by Crippen LogP contribution is -2.37. The summed E-state index contributed by atoms with van der Waals surface area (Å²) in [5, 5.41) is 10.9. The third-order valence-electron chi connectivity index (χ3n) is 4.71. The summed E-state index contributed by atoms with van der Waals surface area (Å²) in [5.74, 6) is -0.915. The minimum absolute atomic E-state index is 0.656. The highest BCUT2D eigenvalue weighted by molar-refractivity contribution is 5.71. The van der Waals surface area contributed by atoms with Gasteiger partial charge < -0.3 is 9.90 Å². The van der Waals surface area contributed by atoms with Crippen molar-refractivity contribution in [3.8, 4) is 0 Å². The van der Waals surface area contributed by atoms with E-state index in [9.17, 15) is 9.90 Å². The first kappa shape index (κ1) is 21.5. The Morgan fingerprint density at radius 3 is 1.32 bits per heavy atom. The molecular formula is C20H39O2-. The molecule has 0 bridgehead atoms. The zero-order valence-corrected chi connectivity index (χ0v) is 15.4. The number of hydrogen-bond acceptors (Lipinski definition) is 2. The van der Waals surface area contributed by atoms with Crippen LogP contribution >= 0.6 is 0 Å². The van der Waals surface area contributed by atoms with Crippen molar-refractivity contribution in [2.75, 3.05) is 0 Å². The van der Waals surface area contributed by atoms with Crippen LogP contribution in [0, 0.1) is 5.41 Å². The van der Waals surface area contributed by atoms with Crippen molar-refractivity contribution in [1.29, 1.82) is 0 Å². The maximum absolute atomic E-state index is 10.9. The van der Waals surface area contributed by atoms with Crippen molar-refractivity contribution in [1.82, 2.24) is 0 Å². The van der Waals surface area contributed by atoms with Crippen molar-refractivity contribution >= 4 is 5.97 Å². The summed E-state index contributed by atoms with van der Waals surface area (Å²) in [6, 6.07) is 0. The molecule has 0 saturated carbocycles. The molecular weight excluding hydrogens is 272 g/mol.